The quantitative estimate of drug-likeness (QED) is 0.177. The molecule has 2 aliphatic carbocycles. The van der Waals surface area contributed by atoms with Crippen molar-refractivity contribution in [3.05, 3.63) is 132 Å². The minimum atomic E-state index is -1.76. The second-order valence-corrected chi connectivity index (χ2v) is 11.2. The maximum atomic E-state index is 13.9. The molecule has 0 saturated heterocycles. The Labute approximate surface area is 263 Å². The molecule has 3 aromatic rings. The van der Waals surface area contributed by atoms with Gasteiger partial charge in [0.15, 0.2) is 11.6 Å². The SMILES string of the molecule is COC(=O)[C@@]12CC=C(OCc3ccccc3)[C@H]([C@H](OCc3ccccc3)[C@@H](COCc3ccccc3)OC)[C@H]1C(=O)C=CC2=O. The second-order valence-electron chi connectivity index (χ2n) is 11.2. The van der Waals surface area contributed by atoms with Crippen molar-refractivity contribution in [2.24, 2.45) is 17.3 Å². The zero-order valence-corrected chi connectivity index (χ0v) is 25.5. The smallest absolute Gasteiger partial charge is 0.320 e. The summed E-state index contributed by atoms with van der Waals surface area (Å²) < 4.78 is 30.3. The molecule has 0 spiro atoms. The first-order valence-corrected chi connectivity index (χ1v) is 15.0. The monoisotopic (exact) mass is 610 g/mol. The Morgan fingerprint density at radius 3 is 1.96 bits per heavy atom. The Bertz CT molecular complexity index is 1500. The molecular formula is C37H38O8. The standard InChI is InChI=1S/C37H38O8/c1-41-31(25-43-22-26-12-6-3-7-13-26)35(45-24-28-16-10-5-11-17-28)33-30(44-23-27-14-8-4-9-15-27)20-21-37(36(40)42-2)32(39)19-18-29(38)34(33)37/h3-20,31,33-35H,21-25H2,1-2H3/t31-,33+,34-,35-,37-/m1/s1. The van der Waals surface area contributed by atoms with Crippen molar-refractivity contribution in [3.63, 3.8) is 0 Å². The number of ether oxygens (including phenoxy) is 5. The average molecular weight is 611 g/mol. The first-order chi connectivity index (χ1) is 22.0. The van der Waals surface area contributed by atoms with Gasteiger partial charge in [-0.15, -0.1) is 0 Å². The number of hydrogen-bond donors (Lipinski definition) is 0. The van der Waals surface area contributed by atoms with Crippen LogP contribution in [0.5, 0.6) is 0 Å². The van der Waals surface area contributed by atoms with Gasteiger partial charge in [0.25, 0.3) is 0 Å². The largest absolute Gasteiger partial charge is 0.493 e. The highest BCUT2D eigenvalue weighted by molar-refractivity contribution is 6.18. The van der Waals surface area contributed by atoms with Crippen LogP contribution in [0.1, 0.15) is 23.1 Å². The third kappa shape index (κ3) is 7.14. The van der Waals surface area contributed by atoms with Gasteiger partial charge >= 0.3 is 5.97 Å². The number of carbonyl (C=O) groups is 3. The normalized spacial score (nSPS) is 22.2. The first kappa shape index (κ1) is 32.0. The number of hydrogen-bond acceptors (Lipinski definition) is 8. The van der Waals surface area contributed by atoms with Crippen molar-refractivity contribution in [3.8, 4) is 0 Å². The Hall–Kier alpha value is -4.37. The molecule has 5 rings (SSSR count). The summed E-state index contributed by atoms with van der Waals surface area (Å²) >= 11 is 0. The predicted molar refractivity (Wildman–Crippen MR) is 166 cm³/mol. The van der Waals surface area contributed by atoms with Crippen molar-refractivity contribution < 1.29 is 38.1 Å². The lowest BCUT2D eigenvalue weighted by molar-refractivity contribution is -0.175. The number of methoxy groups -OCH3 is 2. The molecule has 0 fully saturated rings. The van der Waals surface area contributed by atoms with Gasteiger partial charge in [0.1, 0.15) is 18.1 Å². The summed E-state index contributed by atoms with van der Waals surface area (Å²) in [6.07, 6.45) is 2.53. The van der Waals surface area contributed by atoms with E-state index in [1.165, 1.54) is 19.3 Å². The van der Waals surface area contributed by atoms with Crippen molar-refractivity contribution in [2.45, 2.75) is 38.4 Å². The van der Waals surface area contributed by atoms with Crippen LogP contribution in [-0.4, -0.2) is 50.6 Å². The number of ketones is 2. The van der Waals surface area contributed by atoms with E-state index < -0.39 is 41.2 Å². The molecule has 0 saturated carbocycles. The van der Waals surface area contributed by atoms with Crippen LogP contribution in [0.25, 0.3) is 0 Å². The van der Waals surface area contributed by atoms with E-state index in [0.29, 0.717) is 12.4 Å². The number of rotatable bonds is 14. The highest BCUT2D eigenvalue weighted by Crippen LogP contribution is 2.51. The lowest BCUT2D eigenvalue weighted by Crippen LogP contribution is -2.59. The van der Waals surface area contributed by atoms with Crippen LogP contribution in [0, 0.1) is 17.3 Å². The zero-order valence-electron chi connectivity index (χ0n) is 25.5. The fraction of sp³-hybridized carbons (Fsp3) is 0.324. The Kier molecular flexibility index (Phi) is 10.7. The van der Waals surface area contributed by atoms with Crippen LogP contribution in [0.2, 0.25) is 0 Å². The van der Waals surface area contributed by atoms with Gasteiger partial charge in [-0.1, -0.05) is 91.0 Å². The molecule has 2 aliphatic rings. The van der Waals surface area contributed by atoms with Crippen molar-refractivity contribution in [1.82, 2.24) is 0 Å². The molecule has 3 aromatic carbocycles. The van der Waals surface area contributed by atoms with Crippen molar-refractivity contribution in [2.75, 3.05) is 20.8 Å². The van der Waals surface area contributed by atoms with Gasteiger partial charge in [0.2, 0.25) is 0 Å². The fourth-order valence-electron chi connectivity index (χ4n) is 6.19. The summed E-state index contributed by atoms with van der Waals surface area (Å²) in [6.45, 7) is 0.845. The van der Waals surface area contributed by atoms with Crippen molar-refractivity contribution in [1.29, 1.82) is 0 Å². The van der Waals surface area contributed by atoms with E-state index in [1.54, 1.807) is 13.2 Å². The molecule has 0 radical (unpaired) electrons. The van der Waals surface area contributed by atoms with Gasteiger partial charge < -0.3 is 23.7 Å². The van der Waals surface area contributed by atoms with Crippen LogP contribution in [0.15, 0.2) is 115 Å². The van der Waals surface area contributed by atoms with E-state index in [2.05, 4.69) is 0 Å². The molecule has 8 nitrogen and oxygen atoms in total. The molecule has 0 amide bonds. The maximum Gasteiger partial charge on any atom is 0.320 e. The van der Waals surface area contributed by atoms with E-state index in [0.717, 1.165) is 16.7 Å². The summed E-state index contributed by atoms with van der Waals surface area (Å²) in [4.78, 5) is 40.9. The van der Waals surface area contributed by atoms with Gasteiger partial charge in [-0.25, -0.2) is 0 Å². The fourth-order valence-corrected chi connectivity index (χ4v) is 6.19. The second kappa shape index (κ2) is 15.1. The van der Waals surface area contributed by atoms with E-state index in [1.807, 2.05) is 91.0 Å². The van der Waals surface area contributed by atoms with Crippen LogP contribution in [0.4, 0.5) is 0 Å². The molecule has 0 bridgehead atoms. The summed E-state index contributed by atoms with van der Waals surface area (Å²) in [5.41, 5.74) is 1.05. The maximum absolute atomic E-state index is 13.9. The Morgan fingerprint density at radius 2 is 1.38 bits per heavy atom. The summed E-state index contributed by atoms with van der Waals surface area (Å²) in [7, 11) is 2.77. The van der Waals surface area contributed by atoms with Gasteiger partial charge in [-0.3, -0.25) is 14.4 Å². The molecule has 5 atom stereocenters. The molecule has 0 aromatic heterocycles. The van der Waals surface area contributed by atoms with Gasteiger partial charge in [-0.2, -0.15) is 0 Å². The van der Waals surface area contributed by atoms with Crippen LogP contribution >= 0.6 is 0 Å². The van der Waals surface area contributed by atoms with E-state index in [4.69, 9.17) is 23.7 Å². The van der Waals surface area contributed by atoms with E-state index in [-0.39, 0.29) is 32.0 Å². The lowest BCUT2D eigenvalue weighted by atomic mass is 9.56. The van der Waals surface area contributed by atoms with Gasteiger partial charge in [0.05, 0.1) is 50.6 Å². The average Bonchev–Trinajstić information content (AvgIpc) is 3.09. The number of carbonyl (C=O) groups excluding carboxylic acids is 3. The summed E-state index contributed by atoms with van der Waals surface area (Å²) in [5.74, 6) is -3.22. The number of allylic oxidation sites excluding steroid dienone is 3. The number of fused-ring (bicyclic) bond motifs is 1. The lowest BCUT2D eigenvalue weighted by Gasteiger charge is -2.47. The molecule has 45 heavy (non-hydrogen) atoms. The minimum Gasteiger partial charge on any atom is -0.493 e. The number of esters is 1. The molecule has 8 heteroatoms. The highest BCUT2D eigenvalue weighted by atomic mass is 16.6. The Balaban J connectivity index is 1.55. The first-order valence-electron chi connectivity index (χ1n) is 15.0. The number of benzene rings is 3. The van der Waals surface area contributed by atoms with Crippen LogP contribution in [-0.2, 0) is 57.9 Å². The third-order valence-electron chi connectivity index (χ3n) is 8.49. The minimum absolute atomic E-state index is 0.0482. The third-order valence-corrected chi connectivity index (χ3v) is 8.49. The van der Waals surface area contributed by atoms with Crippen LogP contribution < -0.4 is 0 Å². The highest BCUT2D eigenvalue weighted by Gasteiger charge is 2.63. The van der Waals surface area contributed by atoms with Crippen molar-refractivity contribution >= 4 is 17.5 Å². The summed E-state index contributed by atoms with van der Waals surface area (Å²) in [6, 6.07) is 29.0. The molecular weight excluding hydrogens is 572 g/mol. The molecule has 0 N–H and O–H groups in total. The molecule has 0 heterocycles. The van der Waals surface area contributed by atoms with Gasteiger partial charge in [0, 0.05) is 7.11 Å². The van der Waals surface area contributed by atoms with Gasteiger partial charge in [-0.05, 0) is 41.3 Å². The molecule has 0 unspecified atom stereocenters. The van der Waals surface area contributed by atoms with E-state index >= 15 is 0 Å². The molecule has 0 aliphatic heterocycles. The zero-order chi connectivity index (χ0) is 31.6. The Morgan fingerprint density at radius 1 is 0.800 bits per heavy atom. The topological polar surface area (TPSA) is 97.4 Å². The molecule has 234 valence electrons. The summed E-state index contributed by atoms with van der Waals surface area (Å²) in [5, 5.41) is 0. The predicted octanol–water partition coefficient (Wildman–Crippen LogP) is 5.41. The van der Waals surface area contributed by atoms with E-state index in [9.17, 15) is 14.4 Å². The van der Waals surface area contributed by atoms with Crippen LogP contribution in [0.3, 0.4) is 0 Å².